The topological polar surface area (TPSA) is 171 Å². The fraction of sp³-hybridized carbons (Fsp3) is 0.378. The Balaban J connectivity index is 0.000000292. The molecule has 14 nitrogen and oxygen atoms in total. The second-order valence-corrected chi connectivity index (χ2v) is 13.3. The van der Waals surface area contributed by atoms with Crippen LogP contribution in [0.2, 0.25) is 15.3 Å². The molecule has 55 heavy (non-hydrogen) atoms. The number of para-hydroxylation sites is 1. The zero-order chi connectivity index (χ0) is 41.2. The minimum Gasteiger partial charge on any atom is -0.465 e. The molecule has 0 saturated carbocycles. The SMILES string of the molecule is CCNc1nc(Cl)nc(NC(C)C)n1.CCc1cccc(C)c1N(C(=O)CCl)C(C)COC.COC(=O)c1cc(Oc2ccc(Cl)cc2Cl)ccc1[N+](=O)[O-]. The number of nitro groups is 1. The number of halogens is 4. The van der Waals surface area contributed by atoms with Gasteiger partial charge in [-0.15, -0.1) is 11.6 Å². The van der Waals surface area contributed by atoms with Gasteiger partial charge in [-0.05, 0) is 88.0 Å². The van der Waals surface area contributed by atoms with Gasteiger partial charge in [-0.25, -0.2) is 4.79 Å². The molecule has 1 atom stereocenters. The molecule has 298 valence electrons. The lowest BCUT2D eigenvalue weighted by molar-refractivity contribution is -0.385. The Bertz CT molecular complexity index is 1900. The average molecular weight is 842 g/mol. The number of aryl methyl sites for hydroxylation is 2. The number of nitro benzene ring substituents is 1. The molecule has 0 bridgehead atoms. The van der Waals surface area contributed by atoms with Gasteiger partial charge in [0.2, 0.25) is 23.1 Å². The second kappa shape index (κ2) is 23.4. The molecule has 0 spiro atoms. The average Bonchev–Trinajstić information content (AvgIpc) is 3.13. The molecule has 1 aromatic heterocycles. The molecule has 3 aromatic carbocycles. The van der Waals surface area contributed by atoms with Crippen molar-refractivity contribution in [3.8, 4) is 11.5 Å². The van der Waals surface area contributed by atoms with E-state index < -0.39 is 10.9 Å². The summed E-state index contributed by atoms with van der Waals surface area (Å²) in [5.74, 6) is 0.554. The summed E-state index contributed by atoms with van der Waals surface area (Å²) < 4.78 is 15.2. The van der Waals surface area contributed by atoms with E-state index in [0.29, 0.717) is 29.3 Å². The van der Waals surface area contributed by atoms with E-state index >= 15 is 0 Å². The van der Waals surface area contributed by atoms with E-state index in [1.54, 1.807) is 24.1 Å². The van der Waals surface area contributed by atoms with E-state index in [0.717, 1.165) is 43.0 Å². The summed E-state index contributed by atoms with van der Waals surface area (Å²) in [5.41, 5.74) is 2.62. The lowest BCUT2D eigenvalue weighted by Gasteiger charge is -2.31. The highest BCUT2D eigenvalue weighted by Crippen LogP contribution is 2.34. The fourth-order valence-corrected chi connectivity index (χ4v) is 5.66. The Labute approximate surface area is 341 Å². The first-order chi connectivity index (χ1) is 26.1. The third-order valence-corrected chi connectivity index (χ3v) is 8.16. The number of rotatable bonds is 14. The van der Waals surface area contributed by atoms with Crippen LogP contribution >= 0.6 is 46.4 Å². The van der Waals surface area contributed by atoms with Gasteiger partial charge in [0.15, 0.2) is 0 Å². The van der Waals surface area contributed by atoms with Crippen molar-refractivity contribution in [1.82, 2.24) is 15.0 Å². The van der Waals surface area contributed by atoms with Crippen LogP contribution in [0.1, 0.15) is 56.1 Å². The number of aromatic nitrogens is 3. The first kappa shape index (κ1) is 46.7. The van der Waals surface area contributed by atoms with Crippen molar-refractivity contribution in [1.29, 1.82) is 0 Å². The van der Waals surface area contributed by atoms with Crippen LogP contribution in [-0.4, -0.2) is 77.1 Å². The van der Waals surface area contributed by atoms with Gasteiger partial charge in [0.1, 0.15) is 22.9 Å². The Morgan fingerprint density at radius 3 is 2.22 bits per heavy atom. The predicted molar refractivity (Wildman–Crippen MR) is 219 cm³/mol. The van der Waals surface area contributed by atoms with Gasteiger partial charge in [-0.3, -0.25) is 14.9 Å². The minimum atomic E-state index is -0.834. The molecule has 18 heteroatoms. The summed E-state index contributed by atoms with van der Waals surface area (Å²) in [6.45, 7) is 13.3. The minimum absolute atomic E-state index is 0.0223. The van der Waals surface area contributed by atoms with Gasteiger partial charge < -0.3 is 29.7 Å². The number of methoxy groups -OCH3 is 2. The first-order valence-electron chi connectivity index (χ1n) is 17.0. The first-order valence-corrected chi connectivity index (χ1v) is 18.6. The molecule has 0 radical (unpaired) electrons. The molecular formula is C37H45Cl4N7O7. The van der Waals surface area contributed by atoms with Crippen molar-refractivity contribution < 1.29 is 28.7 Å². The van der Waals surface area contributed by atoms with E-state index in [-0.39, 0.29) is 51.2 Å². The number of benzene rings is 3. The second-order valence-electron chi connectivity index (χ2n) is 11.8. The number of anilines is 3. The number of esters is 1. The number of ether oxygens (including phenoxy) is 3. The Morgan fingerprint density at radius 1 is 0.964 bits per heavy atom. The van der Waals surface area contributed by atoms with Crippen LogP contribution in [0.3, 0.4) is 0 Å². The Kier molecular flexibility index (Phi) is 19.9. The van der Waals surface area contributed by atoms with Gasteiger partial charge in [0.25, 0.3) is 5.69 Å². The molecule has 0 fully saturated rings. The molecule has 1 amide bonds. The third kappa shape index (κ3) is 14.6. The molecule has 0 aliphatic carbocycles. The number of carbonyl (C=O) groups is 2. The molecule has 4 aromatic rings. The maximum Gasteiger partial charge on any atom is 0.345 e. The van der Waals surface area contributed by atoms with Gasteiger partial charge in [0.05, 0.1) is 35.4 Å². The summed E-state index contributed by atoms with van der Waals surface area (Å²) in [7, 11) is 2.77. The highest BCUT2D eigenvalue weighted by molar-refractivity contribution is 6.35. The molecule has 4 rings (SSSR count). The smallest absolute Gasteiger partial charge is 0.345 e. The number of hydrogen-bond acceptors (Lipinski definition) is 12. The molecular weight excluding hydrogens is 796 g/mol. The largest absolute Gasteiger partial charge is 0.465 e. The summed E-state index contributed by atoms with van der Waals surface area (Å²) in [6.07, 6.45) is 0.878. The molecule has 0 aliphatic heterocycles. The molecule has 2 N–H and O–H groups in total. The third-order valence-electron chi connectivity index (χ3n) is 7.23. The van der Waals surface area contributed by atoms with E-state index in [2.05, 4.69) is 43.3 Å². The van der Waals surface area contributed by atoms with Crippen molar-refractivity contribution in [2.75, 3.05) is 48.8 Å². The van der Waals surface area contributed by atoms with Crippen LogP contribution in [0.15, 0.2) is 54.6 Å². The van der Waals surface area contributed by atoms with Crippen molar-refractivity contribution in [3.05, 3.63) is 96.7 Å². The number of carbonyl (C=O) groups excluding carboxylic acids is 2. The molecule has 0 aliphatic rings. The maximum atomic E-state index is 12.2. The van der Waals surface area contributed by atoms with E-state index in [9.17, 15) is 19.7 Å². The lowest BCUT2D eigenvalue weighted by atomic mass is 10.0. The van der Waals surface area contributed by atoms with Crippen LogP contribution in [0.4, 0.5) is 23.3 Å². The van der Waals surface area contributed by atoms with Crippen molar-refractivity contribution in [2.24, 2.45) is 0 Å². The van der Waals surface area contributed by atoms with Crippen LogP contribution in [0.25, 0.3) is 0 Å². The van der Waals surface area contributed by atoms with E-state index in [1.165, 1.54) is 18.2 Å². The van der Waals surface area contributed by atoms with Crippen LogP contribution in [0, 0.1) is 17.0 Å². The van der Waals surface area contributed by atoms with Gasteiger partial charge in [-0.2, -0.15) is 15.0 Å². The number of amides is 1. The summed E-state index contributed by atoms with van der Waals surface area (Å²) in [4.78, 5) is 47.8. The highest BCUT2D eigenvalue weighted by Gasteiger charge is 2.25. The van der Waals surface area contributed by atoms with Crippen LogP contribution < -0.4 is 20.3 Å². The maximum absolute atomic E-state index is 12.2. The zero-order valence-corrected chi connectivity index (χ0v) is 34.8. The number of nitrogens with one attached hydrogen (secondary N) is 2. The quantitative estimate of drug-likeness (QED) is 0.0534. The number of alkyl halides is 1. The highest BCUT2D eigenvalue weighted by atomic mass is 35.5. The van der Waals surface area contributed by atoms with Crippen LogP contribution in [0.5, 0.6) is 11.5 Å². The van der Waals surface area contributed by atoms with E-state index in [4.69, 9.17) is 55.9 Å². The zero-order valence-electron chi connectivity index (χ0n) is 31.8. The van der Waals surface area contributed by atoms with Gasteiger partial charge >= 0.3 is 5.97 Å². The standard InChI is InChI=1S/C15H22ClNO2.C14H9Cl2NO5.C8H14ClN5/c1-5-13-8-6-7-11(2)15(13)17(14(18)9-16)12(3)10-19-4;1-21-14(18)10-7-9(3-4-12(10)17(19)20)22-13-5-2-8(15)6-11(13)16;1-4-10-7-12-6(9)13-8(14-7)11-5(2)3/h6-8,12H,5,9-10H2,1-4H3;2-7H,1H3;5H,4H2,1-3H3,(H2,10,11,12,13,14). The predicted octanol–water partition coefficient (Wildman–Crippen LogP) is 9.42. The lowest BCUT2D eigenvalue weighted by Crippen LogP contribution is -2.43. The van der Waals surface area contributed by atoms with E-state index in [1.807, 2.05) is 46.8 Å². The molecule has 1 unspecified atom stereocenters. The normalized spacial score (nSPS) is 10.9. The summed E-state index contributed by atoms with van der Waals surface area (Å²) in [6, 6.07) is 14.7. The monoisotopic (exact) mass is 839 g/mol. The summed E-state index contributed by atoms with van der Waals surface area (Å²) >= 11 is 23.3. The van der Waals surface area contributed by atoms with Crippen molar-refractivity contribution in [2.45, 2.75) is 60.0 Å². The number of hydrogen-bond donors (Lipinski definition) is 2. The number of nitrogens with zero attached hydrogens (tertiary/aromatic N) is 5. The Morgan fingerprint density at radius 2 is 1.65 bits per heavy atom. The van der Waals surface area contributed by atoms with Crippen molar-refractivity contribution in [3.63, 3.8) is 0 Å². The van der Waals surface area contributed by atoms with Crippen molar-refractivity contribution >= 4 is 81.6 Å². The fourth-order valence-electron chi connectivity index (χ4n) is 4.93. The Hall–Kier alpha value is -4.47. The molecule has 0 saturated heterocycles. The summed E-state index contributed by atoms with van der Waals surface area (Å²) in [5, 5.41) is 17.9. The van der Waals surface area contributed by atoms with Gasteiger partial charge in [-0.1, -0.05) is 48.3 Å². The van der Waals surface area contributed by atoms with Crippen LogP contribution in [-0.2, 0) is 20.7 Å². The van der Waals surface area contributed by atoms with Gasteiger partial charge in [0, 0.05) is 36.9 Å². The molecule has 1 heterocycles.